The SMILES string of the molecule is C1CCOC1.C1CCOC1.CC(C)(C)C.CC(C)(C)C.CC(C)(C)C.CC(C)C.CCC(C)(C)C.CCC(C)(C)C.CCC(C)(C)C.CN1C=CCC1.Cn1cccn1.Cn1cccn1.c1ccncc1.c1ccncc1. The molecule has 7 heterocycles. The molecule has 77 heavy (non-hydrogen) atoms. The average molecular weight is 1080 g/mol. The van der Waals surface area contributed by atoms with Crippen molar-refractivity contribution in [3.63, 3.8) is 0 Å². The van der Waals surface area contributed by atoms with E-state index in [1.165, 1.54) is 57.9 Å². The zero-order valence-electron chi connectivity index (χ0n) is 57.1. The van der Waals surface area contributed by atoms with E-state index in [1.54, 1.807) is 46.5 Å². The Bertz CT molecular complexity index is 1400. The van der Waals surface area contributed by atoms with Crippen LogP contribution in [0.5, 0.6) is 0 Å². The second-order valence-corrected chi connectivity index (χ2v) is 28.2. The maximum absolute atomic E-state index is 4.94. The third-order valence-corrected chi connectivity index (χ3v) is 8.25. The van der Waals surface area contributed by atoms with Gasteiger partial charge in [0.15, 0.2) is 0 Å². The van der Waals surface area contributed by atoms with E-state index in [1.807, 2.05) is 75.0 Å². The zero-order chi connectivity index (χ0) is 61.5. The summed E-state index contributed by atoms with van der Waals surface area (Å²) in [5.41, 5.74) is 3.13. The van der Waals surface area contributed by atoms with Gasteiger partial charge < -0.3 is 14.4 Å². The van der Waals surface area contributed by atoms with E-state index < -0.39 is 0 Å². The van der Waals surface area contributed by atoms with Crippen LogP contribution in [0.25, 0.3) is 0 Å². The molecule has 0 atom stereocenters. The maximum atomic E-state index is 4.94. The number of hydrogen-bond donors (Lipinski definition) is 0. The van der Waals surface area contributed by atoms with Crippen LogP contribution in [0, 0.1) is 38.4 Å². The molecule has 2 fully saturated rings. The fraction of sp³-hybridized carbons (Fsp3) is 0.735. The summed E-state index contributed by atoms with van der Waals surface area (Å²) in [5, 5.41) is 7.67. The van der Waals surface area contributed by atoms with Crippen LogP contribution in [0.4, 0.5) is 0 Å². The van der Waals surface area contributed by atoms with E-state index in [-0.39, 0.29) is 0 Å². The summed E-state index contributed by atoms with van der Waals surface area (Å²) in [4.78, 5) is 9.75. The van der Waals surface area contributed by atoms with Gasteiger partial charge in [0.2, 0.25) is 0 Å². The van der Waals surface area contributed by atoms with Crippen LogP contribution in [-0.4, -0.2) is 74.4 Å². The van der Waals surface area contributed by atoms with Crippen LogP contribution in [-0.2, 0) is 23.6 Å². The fourth-order valence-corrected chi connectivity index (χ4v) is 2.94. The summed E-state index contributed by atoms with van der Waals surface area (Å²) >= 11 is 0. The lowest BCUT2D eigenvalue weighted by atomic mass is 9.94. The molecular formula is C68H135N7O2. The van der Waals surface area contributed by atoms with Crippen molar-refractivity contribution in [3.8, 4) is 0 Å². The second kappa shape index (κ2) is 55.5. The highest BCUT2D eigenvalue weighted by molar-refractivity contribution is 4.89. The lowest BCUT2D eigenvalue weighted by Crippen LogP contribution is -2.04. The highest BCUT2D eigenvalue weighted by Gasteiger charge is 2.05. The molecule has 3 aliphatic heterocycles. The Balaban J connectivity index is -0.000000137. The summed E-state index contributed by atoms with van der Waals surface area (Å²) < 4.78 is 13.4. The van der Waals surface area contributed by atoms with Gasteiger partial charge >= 0.3 is 0 Å². The van der Waals surface area contributed by atoms with Crippen LogP contribution in [0.1, 0.15) is 238 Å². The molecule has 0 aromatic carbocycles. The minimum Gasteiger partial charge on any atom is -0.381 e. The van der Waals surface area contributed by atoms with Crippen LogP contribution >= 0.6 is 0 Å². The number of aryl methyl sites for hydroxylation is 2. The minimum absolute atomic E-state index is 0.500. The first-order chi connectivity index (χ1) is 35.1. The van der Waals surface area contributed by atoms with Crippen molar-refractivity contribution in [2.24, 2.45) is 52.5 Å². The predicted molar refractivity (Wildman–Crippen MR) is 347 cm³/mol. The molecule has 9 nitrogen and oxygen atoms in total. The first kappa shape index (κ1) is 87.1. The van der Waals surface area contributed by atoms with Crippen LogP contribution < -0.4 is 0 Å². The highest BCUT2D eigenvalue weighted by Crippen LogP contribution is 2.17. The molecule has 0 unspecified atom stereocenters. The van der Waals surface area contributed by atoms with E-state index >= 15 is 0 Å². The fourth-order valence-electron chi connectivity index (χ4n) is 2.94. The van der Waals surface area contributed by atoms with Gasteiger partial charge in [-0.25, -0.2) is 0 Å². The molecule has 0 saturated carbocycles. The molecule has 0 bridgehead atoms. The molecular weight excluding hydrogens is 947 g/mol. The Morgan fingerprint density at radius 3 is 0.688 bits per heavy atom. The van der Waals surface area contributed by atoms with Crippen LogP contribution in [0.3, 0.4) is 0 Å². The summed E-state index contributed by atoms with van der Waals surface area (Å²) in [5.74, 6) is 0.833. The summed E-state index contributed by atoms with van der Waals surface area (Å²) in [7, 11) is 5.86. The number of aromatic nitrogens is 6. The van der Waals surface area contributed by atoms with Crippen molar-refractivity contribution in [2.45, 2.75) is 238 Å². The monoisotopic (exact) mass is 1080 g/mol. The molecule has 0 spiro atoms. The van der Waals surface area contributed by atoms with E-state index in [9.17, 15) is 0 Å². The van der Waals surface area contributed by atoms with Crippen molar-refractivity contribution in [1.29, 1.82) is 0 Å². The van der Waals surface area contributed by atoms with Gasteiger partial charge in [0.05, 0.1) is 0 Å². The Hall–Kier alpha value is -3.82. The van der Waals surface area contributed by atoms with Gasteiger partial charge in [-0.1, -0.05) is 224 Å². The zero-order valence-corrected chi connectivity index (χ0v) is 57.1. The third-order valence-electron chi connectivity index (χ3n) is 8.25. The van der Waals surface area contributed by atoms with E-state index in [4.69, 9.17) is 9.47 Å². The molecule has 0 N–H and O–H groups in total. The third kappa shape index (κ3) is 153. The highest BCUT2D eigenvalue weighted by atomic mass is 16.5. The van der Waals surface area contributed by atoms with Gasteiger partial charge in [0, 0.05) is 104 Å². The Morgan fingerprint density at radius 2 is 0.636 bits per heavy atom. The lowest BCUT2D eigenvalue weighted by molar-refractivity contribution is 0.198. The van der Waals surface area contributed by atoms with Gasteiger partial charge in [0.1, 0.15) is 0 Å². The Kier molecular flexibility index (Phi) is 62.7. The molecule has 4 aromatic heterocycles. The average Bonchev–Trinajstić information content (AvgIpc) is 4.17. The standard InChI is InChI=1S/3C6H14.C5H9N.2C5H5N.3C5H12.2C4H6N2.2C4H8O.C4H10/c3*1-5-6(2,3)4;1-6-4-2-3-5-6;2*1-2-4-6-5-3-1;3*1-5(2,3)4;2*1-6-4-2-3-5-6;2*1-2-4-5-3-1;1-4(2)3/h3*5H2,1-4H3;2,4H,3,5H2,1H3;2*1-5H;3*1-4H3;2*2-4H,1H3;2*1-4H2;4H,1-3H3. The van der Waals surface area contributed by atoms with Crippen molar-refractivity contribution >= 4 is 0 Å². The molecule has 454 valence electrons. The molecule has 7 rings (SSSR count). The Morgan fingerprint density at radius 1 is 0.403 bits per heavy atom. The van der Waals surface area contributed by atoms with Gasteiger partial charge in [-0.15, -0.1) is 0 Å². The Labute approximate surface area is 483 Å². The molecule has 0 aliphatic carbocycles. The topological polar surface area (TPSA) is 83.1 Å². The summed E-state index contributed by atoms with van der Waals surface area (Å²) in [6.45, 7) is 64.8. The van der Waals surface area contributed by atoms with Gasteiger partial charge in [-0.05, 0) is 113 Å². The second-order valence-electron chi connectivity index (χ2n) is 28.2. The molecule has 9 heteroatoms. The number of hydrogen-bond acceptors (Lipinski definition) is 7. The normalized spacial score (nSPS) is 12.9. The van der Waals surface area contributed by atoms with Crippen LogP contribution in [0.15, 0.2) is 110 Å². The quantitative estimate of drug-likeness (QED) is 0.173. The summed E-state index contributed by atoms with van der Waals surface area (Å²) in [6, 6.07) is 15.2. The molecule has 0 radical (unpaired) electrons. The van der Waals surface area contributed by atoms with E-state index in [0.29, 0.717) is 32.5 Å². The van der Waals surface area contributed by atoms with Gasteiger partial charge in [-0.2, -0.15) is 10.2 Å². The molecule has 4 aromatic rings. The van der Waals surface area contributed by atoms with Gasteiger partial charge in [-0.3, -0.25) is 19.3 Å². The number of nitrogens with zero attached hydrogens (tertiary/aromatic N) is 7. The molecule has 3 aliphatic rings. The smallest absolute Gasteiger partial charge is 0.0489 e. The van der Waals surface area contributed by atoms with Gasteiger partial charge in [0.25, 0.3) is 0 Å². The number of rotatable bonds is 0. The van der Waals surface area contributed by atoms with Crippen LogP contribution in [0.2, 0.25) is 0 Å². The summed E-state index contributed by atoms with van der Waals surface area (Å²) in [6.07, 6.45) is 28.7. The largest absolute Gasteiger partial charge is 0.381 e. The molecule has 0 amide bonds. The predicted octanol–water partition coefficient (Wildman–Crippen LogP) is 20.6. The van der Waals surface area contributed by atoms with Crippen molar-refractivity contribution in [2.75, 3.05) is 40.0 Å². The first-order valence-corrected chi connectivity index (χ1v) is 29.2. The number of ether oxygens (including phenoxy) is 2. The van der Waals surface area contributed by atoms with Crippen molar-refractivity contribution in [3.05, 3.63) is 110 Å². The van der Waals surface area contributed by atoms with Crippen molar-refractivity contribution in [1.82, 2.24) is 34.4 Å². The minimum atomic E-state index is 0.500. The van der Waals surface area contributed by atoms with E-state index in [2.05, 4.69) is 231 Å². The molecule has 2 saturated heterocycles. The van der Waals surface area contributed by atoms with Crippen molar-refractivity contribution < 1.29 is 9.47 Å². The maximum Gasteiger partial charge on any atom is 0.0489 e. The lowest BCUT2D eigenvalue weighted by Gasteiger charge is -2.12. The first-order valence-electron chi connectivity index (χ1n) is 29.2. The number of pyridine rings is 2. The van der Waals surface area contributed by atoms with E-state index in [0.717, 1.165) is 32.3 Å².